The minimum atomic E-state index is -0.134. The van der Waals surface area contributed by atoms with E-state index in [1.54, 1.807) is 18.5 Å². The number of nitrogens with one attached hydrogen (secondary N) is 1. The fourth-order valence-electron chi connectivity index (χ4n) is 1.77. The monoisotopic (exact) mass is 279 g/mol. The lowest BCUT2D eigenvalue weighted by atomic mass is 10.1. The van der Waals surface area contributed by atoms with Crippen molar-refractivity contribution >= 4 is 23.3 Å². The number of hydrogen-bond donors (Lipinski definition) is 2. The van der Waals surface area contributed by atoms with Gasteiger partial charge in [-0.3, -0.25) is 9.20 Å². The van der Waals surface area contributed by atoms with Crippen LogP contribution in [0.2, 0.25) is 0 Å². The Hall–Kier alpha value is -1.69. The molecule has 0 fully saturated rings. The van der Waals surface area contributed by atoms with E-state index in [2.05, 4.69) is 9.71 Å². The summed E-state index contributed by atoms with van der Waals surface area (Å²) in [6.45, 7) is 5.89. The van der Waals surface area contributed by atoms with Crippen molar-refractivity contribution in [3.8, 4) is 5.75 Å². The molecule has 19 heavy (non-hydrogen) atoms. The predicted molar refractivity (Wildman–Crippen MR) is 79.0 cm³/mol. The summed E-state index contributed by atoms with van der Waals surface area (Å²) in [7, 11) is 0. The van der Waals surface area contributed by atoms with E-state index in [0.717, 1.165) is 5.75 Å². The van der Waals surface area contributed by atoms with Crippen molar-refractivity contribution in [2.24, 2.45) is 0 Å². The van der Waals surface area contributed by atoms with Crippen LogP contribution in [0.5, 0.6) is 5.75 Å². The fourth-order valence-corrected chi connectivity index (χ4v) is 2.24. The lowest BCUT2D eigenvalue weighted by molar-refractivity contribution is 0.479. The van der Waals surface area contributed by atoms with Crippen LogP contribution in [-0.4, -0.2) is 20.2 Å². The lowest BCUT2D eigenvalue weighted by Crippen LogP contribution is -2.20. The number of hydrogen-bond acceptors (Lipinski definition) is 5. The standard InChI is InChI=1S/C13H17N3O2S/c1-4-19-15-10-5-6-16-12(11(10)17)14-7-9(8(2)3)13(16)18/h5-8,15,17H,4H2,1-3H3. The smallest absolute Gasteiger partial charge is 0.261 e. The molecule has 0 atom stereocenters. The molecule has 0 spiro atoms. The third kappa shape index (κ3) is 2.53. The van der Waals surface area contributed by atoms with Gasteiger partial charge >= 0.3 is 0 Å². The first kappa shape index (κ1) is 13.7. The Bertz CT molecular complexity index is 652. The molecule has 0 saturated heterocycles. The topological polar surface area (TPSA) is 66.6 Å². The molecular weight excluding hydrogens is 262 g/mol. The van der Waals surface area contributed by atoms with Crippen LogP contribution in [0.25, 0.3) is 5.65 Å². The second-order valence-electron chi connectivity index (χ2n) is 4.48. The molecule has 2 heterocycles. The van der Waals surface area contributed by atoms with Crippen LogP contribution < -0.4 is 10.3 Å². The maximum atomic E-state index is 12.2. The molecule has 6 heteroatoms. The molecule has 0 radical (unpaired) electrons. The van der Waals surface area contributed by atoms with Gasteiger partial charge in [-0.15, -0.1) is 0 Å². The van der Waals surface area contributed by atoms with Gasteiger partial charge in [-0.1, -0.05) is 32.7 Å². The van der Waals surface area contributed by atoms with E-state index in [9.17, 15) is 9.90 Å². The summed E-state index contributed by atoms with van der Waals surface area (Å²) < 4.78 is 4.40. The van der Waals surface area contributed by atoms with Crippen molar-refractivity contribution in [2.75, 3.05) is 10.5 Å². The summed E-state index contributed by atoms with van der Waals surface area (Å²) in [5.41, 5.74) is 1.35. The van der Waals surface area contributed by atoms with Gasteiger partial charge < -0.3 is 9.83 Å². The van der Waals surface area contributed by atoms with Gasteiger partial charge in [-0.25, -0.2) is 4.98 Å². The summed E-state index contributed by atoms with van der Waals surface area (Å²) in [5.74, 6) is 0.972. The first-order chi connectivity index (χ1) is 9.06. The number of fused-ring (bicyclic) bond motifs is 1. The number of aromatic hydroxyl groups is 1. The molecule has 2 N–H and O–H groups in total. The first-order valence-electron chi connectivity index (χ1n) is 6.17. The molecule has 0 aliphatic heterocycles. The van der Waals surface area contributed by atoms with Gasteiger partial charge in [0.25, 0.3) is 5.56 Å². The molecule has 0 aliphatic carbocycles. The Morgan fingerprint density at radius 3 is 2.89 bits per heavy atom. The summed E-state index contributed by atoms with van der Waals surface area (Å²) in [6, 6.07) is 1.68. The zero-order valence-electron chi connectivity index (χ0n) is 11.2. The number of pyridine rings is 1. The third-order valence-corrected chi connectivity index (χ3v) is 3.48. The Kier molecular flexibility index (Phi) is 3.99. The largest absolute Gasteiger partial charge is 0.503 e. The second kappa shape index (κ2) is 5.52. The van der Waals surface area contributed by atoms with E-state index < -0.39 is 0 Å². The van der Waals surface area contributed by atoms with E-state index in [4.69, 9.17) is 0 Å². The Balaban J connectivity index is 2.59. The molecule has 0 aliphatic rings. The number of nitrogens with zero attached hydrogens (tertiary/aromatic N) is 2. The van der Waals surface area contributed by atoms with Gasteiger partial charge in [-0.2, -0.15) is 0 Å². The SMILES string of the molecule is CCSNc1ccn2c(=O)c(C(C)C)cnc2c1O. The van der Waals surface area contributed by atoms with Gasteiger partial charge in [-0.05, 0) is 12.0 Å². The second-order valence-corrected chi connectivity index (χ2v) is 5.55. The van der Waals surface area contributed by atoms with Crippen LogP contribution >= 0.6 is 11.9 Å². The molecule has 0 amide bonds. The Morgan fingerprint density at radius 1 is 1.53 bits per heavy atom. The van der Waals surface area contributed by atoms with Gasteiger partial charge in [0, 0.05) is 23.7 Å². The highest BCUT2D eigenvalue weighted by Gasteiger charge is 2.13. The van der Waals surface area contributed by atoms with Crippen molar-refractivity contribution in [3.05, 3.63) is 34.4 Å². The molecule has 0 bridgehead atoms. The van der Waals surface area contributed by atoms with E-state index in [-0.39, 0.29) is 22.9 Å². The van der Waals surface area contributed by atoms with Crippen LogP contribution in [0.15, 0.2) is 23.3 Å². The molecule has 0 unspecified atom stereocenters. The van der Waals surface area contributed by atoms with Gasteiger partial charge in [0.2, 0.25) is 0 Å². The lowest BCUT2D eigenvalue weighted by Gasteiger charge is -2.11. The van der Waals surface area contributed by atoms with E-state index in [0.29, 0.717) is 11.3 Å². The molecule has 5 nitrogen and oxygen atoms in total. The predicted octanol–water partition coefficient (Wildman–Crippen LogP) is 2.60. The van der Waals surface area contributed by atoms with E-state index >= 15 is 0 Å². The third-order valence-electron chi connectivity index (χ3n) is 2.83. The van der Waals surface area contributed by atoms with Gasteiger partial charge in [0.05, 0.1) is 5.69 Å². The Morgan fingerprint density at radius 2 is 2.26 bits per heavy atom. The number of aromatic nitrogens is 2. The molecule has 2 rings (SSSR count). The number of anilines is 1. The maximum absolute atomic E-state index is 12.2. The highest BCUT2D eigenvalue weighted by atomic mass is 32.2. The molecule has 2 aromatic heterocycles. The van der Waals surface area contributed by atoms with Crippen LogP contribution in [0.3, 0.4) is 0 Å². The fraction of sp³-hybridized carbons (Fsp3) is 0.385. The van der Waals surface area contributed by atoms with Gasteiger partial charge in [0.1, 0.15) is 0 Å². The highest BCUT2D eigenvalue weighted by molar-refractivity contribution is 8.00. The molecule has 2 aromatic rings. The number of rotatable bonds is 4. The summed E-state index contributed by atoms with van der Waals surface area (Å²) >= 11 is 1.47. The zero-order chi connectivity index (χ0) is 14.0. The summed E-state index contributed by atoms with van der Waals surface area (Å²) in [5, 5.41) is 10.1. The Labute approximate surface area is 115 Å². The minimum absolute atomic E-state index is 0.00384. The highest BCUT2D eigenvalue weighted by Crippen LogP contribution is 2.28. The van der Waals surface area contributed by atoms with Crippen LogP contribution in [-0.2, 0) is 0 Å². The molecular formula is C13H17N3O2S. The summed E-state index contributed by atoms with van der Waals surface area (Å²) in [6.07, 6.45) is 3.17. The molecule has 0 aromatic carbocycles. The van der Waals surface area contributed by atoms with E-state index in [1.165, 1.54) is 16.3 Å². The first-order valence-corrected chi connectivity index (χ1v) is 7.15. The van der Waals surface area contributed by atoms with Crippen molar-refractivity contribution in [1.82, 2.24) is 9.38 Å². The van der Waals surface area contributed by atoms with Crippen molar-refractivity contribution in [3.63, 3.8) is 0 Å². The van der Waals surface area contributed by atoms with Crippen LogP contribution in [0, 0.1) is 0 Å². The minimum Gasteiger partial charge on any atom is -0.503 e. The maximum Gasteiger partial charge on any atom is 0.261 e. The van der Waals surface area contributed by atoms with Crippen molar-refractivity contribution < 1.29 is 5.11 Å². The van der Waals surface area contributed by atoms with Crippen LogP contribution in [0.4, 0.5) is 5.69 Å². The van der Waals surface area contributed by atoms with E-state index in [1.807, 2.05) is 20.8 Å². The molecule has 0 saturated carbocycles. The molecule has 102 valence electrons. The normalized spacial score (nSPS) is 11.2. The van der Waals surface area contributed by atoms with Crippen molar-refractivity contribution in [2.45, 2.75) is 26.7 Å². The van der Waals surface area contributed by atoms with Crippen molar-refractivity contribution in [1.29, 1.82) is 0 Å². The average molecular weight is 279 g/mol. The average Bonchev–Trinajstić information content (AvgIpc) is 2.38. The van der Waals surface area contributed by atoms with Gasteiger partial charge in [0.15, 0.2) is 11.4 Å². The quantitative estimate of drug-likeness (QED) is 0.842. The summed E-state index contributed by atoms with van der Waals surface area (Å²) in [4.78, 5) is 16.4. The zero-order valence-corrected chi connectivity index (χ0v) is 12.0. The van der Waals surface area contributed by atoms with Crippen LogP contribution in [0.1, 0.15) is 32.3 Å².